The highest BCUT2D eigenvalue weighted by Gasteiger charge is 2.25. The van der Waals surface area contributed by atoms with E-state index in [0.717, 1.165) is 6.54 Å². The molecule has 1 aromatic rings. The molecule has 1 aliphatic carbocycles. The van der Waals surface area contributed by atoms with Crippen LogP contribution in [0.4, 0.5) is 0 Å². The lowest BCUT2D eigenvalue weighted by Gasteiger charge is -2.25. The van der Waals surface area contributed by atoms with Crippen LogP contribution in [0.5, 0.6) is 0 Å². The van der Waals surface area contributed by atoms with Gasteiger partial charge in [0.2, 0.25) is 5.91 Å². The van der Waals surface area contributed by atoms with Crippen LogP contribution in [-0.2, 0) is 4.79 Å². The summed E-state index contributed by atoms with van der Waals surface area (Å²) in [6.07, 6.45) is 6.23. The van der Waals surface area contributed by atoms with Gasteiger partial charge in [-0.15, -0.1) is 0 Å². The van der Waals surface area contributed by atoms with E-state index in [0.29, 0.717) is 11.5 Å². The van der Waals surface area contributed by atoms with Crippen molar-refractivity contribution in [3.8, 4) is 0 Å². The quantitative estimate of drug-likeness (QED) is 0.847. The van der Waals surface area contributed by atoms with Crippen molar-refractivity contribution < 1.29 is 9.59 Å². The Bertz CT molecular complexity index is 507. The molecule has 126 valence electrons. The van der Waals surface area contributed by atoms with E-state index in [1.807, 2.05) is 32.0 Å². The maximum absolute atomic E-state index is 12.5. The molecule has 0 radical (unpaired) electrons. The highest BCUT2D eigenvalue weighted by Crippen LogP contribution is 2.22. The van der Waals surface area contributed by atoms with Gasteiger partial charge in [-0.3, -0.25) is 9.59 Å². The molecule has 0 heterocycles. The molecule has 1 unspecified atom stereocenters. The van der Waals surface area contributed by atoms with Crippen molar-refractivity contribution in [1.29, 1.82) is 0 Å². The van der Waals surface area contributed by atoms with E-state index in [-0.39, 0.29) is 17.7 Å². The maximum Gasteiger partial charge on any atom is 0.251 e. The van der Waals surface area contributed by atoms with Gasteiger partial charge in [0.25, 0.3) is 5.91 Å². The normalized spacial score (nSPS) is 16.8. The standard InChI is InChI=1S/C19H28N2O2/c1-14(2)17(21-18(22)16-11-7-4-8-12-16)19(23)20-13-15-9-5-3-6-10-15/h4,7-8,11-12,14-15,17H,3,5-6,9-10,13H2,1-2H3,(H,20,23)(H,21,22). The van der Waals surface area contributed by atoms with Crippen LogP contribution in [0.2, 0.25) is 0 Å². The fourth-order valence-electron chi connectivity index (χ4n) is 3.10. The molecule has 4 nitrogen and oxygen atoms in total. The van der Waals surface area contributed by atoms with Crippen molar-refractivity contribution in [1.82, 2.24) is 10.6 Å². The number of nitrogens with one attached hydrogen (secondary N) is 2. The third-order valence-corrected chi connectivity index (χ3v) is 4.56. The molecule has 0 bridgehead atoms. The molecule has 1 aliphatic rings. The molecule has 2 amide bonds. The molecule has 2 N–H and O–H groups in total. The highest BCUT2D eigenvalue weighted by molar-refractivity contribution is 5.97. The smallest absolute Gasteiger partial charge is 0.251 e. The molecular weight excluding hydrogens is 288 g/mol. The minimum atomic E-state index is -0.494. The van der Waals surface area contributed by atoms with Crippen molar-refractivity contribution >= 4 is 11.8 Å². The summed E-state index contributed by atoms with van der Waals surface area (Å²) in [5.74, 6) is 0.367. The maximum atomic E-state index is 12.5. The number of amides is 2. The molecular formula is C19H28N2O2. The Balaban J connectivity index is 1.89. The van der Waals surface area contributed by atoms with Crippen LogP contribution < -0.4 is 10.6 Å². The summed E-state index contributed by atoms with van der Waals surface area (Å²) in [7, 11) is 0. The minimum Gasteiger partial charge on any atom is -0.354 e. The highest BCUT2D eigenvalue weighted by atomic mass is 16.2. The van der Waals surface area contributed by atoms with Gasteiger partial charge >= 0.3 is 0 Å². The molecule has 1 aromatic carbocycles. The molecule has 1 fully saturated rings. The lowest BCUT2D eigenvalue weighted by Crippen LogP contribution is -2.50. The fourth-order valence-corrected chi connectivity index (χ4v) is 3.10. The first kappa shape index (κ1) is 17.5. The fraction of sp³-hybridized carbons (Fsp3) is 0.579. The topological polar surface area (TPSA) is 58.2 Å². The van der Waals surface area contributed by atoms with Gasteiger partial charge in [0.15, 0.2) is 0 Å². The predicted octanol–water partition coefficient (Wildman–Crippen LogP) is 3.14. The summed E-state index contributed by atoms with van der Waals surface area (Å²) in [6, 6.07) is 8.53. The van der Waals surface area contributed by atoms with Gasteiger partial charge < -0.3 is 10.6 Å². The minimum absolute atomic E-state index is 0.0500. The van der Waals surface area contributed by atoms with Crippen molar-refractivity contribution in [2.75, 3.05) is 6.54 Å². The van der Waals surface area contributed by atoms with Crippen molar-refractivity contribution in [3.05, 3.63) is 35.9 Å². The van der Waals surface area contributed by atoms with E-state index in [4.69, 9.17) is 0 Å². The zero-order valence-electron chi connectivity index (χ0n) is 14.2. The number of benzene rings is 1. The first-order valence-corrected chi connectivity index (χ1v) is 8.71. The molecule has 23 heavy (non-hydrogen) atoms. The first-order chi connectivity index (χ1) is 11.1. The van der Waals surface area contributed by atoms with Crippen LogP contribution in [-0.4, -0.2) is 24.4 Å². The summed E-state index contributed by atoms with van der Waals surface area (Å²) in [5, 5.41) is 5.91. The molecule has 0 saturated heterocycles. The van der Waals surface area contributed by atoms with E-state index in [9.17, 15) is 9.59 Å². The van der Waals surface area contributed by atoms with Crippen LogP contribution in [0.3, 0.4) is 0 Å². The monoisotopic (exact) mass is 316 g/mol. The second-order valence-electron chi connectivity index (χ2n) is 6.81. The predicted molar refractivity (Wildman–Crippen MR) is 92.1 cm³/mol. The molecule has 4 heteroatoms. The molecule has 2 rings (SSSR count). The summed E-state index contributed by atoms with van der Waals surface area (Å²) >= 11 is 0. The van der Waals surface area contributed by atoms with Gasteiger partial charge in [-0.25, -0.2) is 0 Å². The van der Waals surface area contributed by atoms with Crippen LogP contribution in [0.1, 0.15) is 56.3 Å². The Kier molecular flexibility index (Phi) is 6.63. The molecule has 0 aromatic heterocycles. The lowest BCUT2D eigenvalue weighted by molar-refractivity contribution is -0.124. The molecule has 0 aliphatic heterocycles. The third-order valence-electron chi connectivity index (χ3n) is 4.56. The number of carbonyl (C=O) groups excluding carboxylic acids is 2. The van der Waals surface area contributed by atoms with Crippen molar-refractivity contribution in [2.24, 2.45) is 11.8 Å². The summed E-state index contributed by atoms with van der Waals surface area (Å²) in [6.45, 7) is 4.63. The average molecular weight is 316 g/mol. The average Bonchev–Trinajstić information content (AvgIpc) is 2.58. The van der Waals surface area contributed by atoms with Gasteiger partial charge in [0.1, 0.15) is 6.04 Å². The third kappa shape index (κ3) is 5.38. The number of rotatable bonds is 6. The Labute approximate surface area is 139 Å². The second-order valence-corrected chi connectivity index (χ2v) is 6.81. The van der Waals surface area contributed by atoms with E-state index in [2.05, 4.69) is 10.6 Å². The van der Waals surface area contributed by atoms with Crippen LogP contribution in [0, 0.1) is 11.8 Å². The van der Waals surface area contributed by atoms with Gasteiger partial charge in [-0.2, -0.15) is 0 Å². The Morgan fingerprint density at radius 2 is 1.74 bits per heavy atom. The van der Waals surface area contributed by atoms with Crippen LogP contribution in [0.15, 0.2) is 30.3 Å². The summed E-state index contributed by atoms with van der Waals surface area (Å²) in [5.41, 5.74) is 0.582. The zero-order chi connectivity index (χ0) is 16.7. The van der Waals surface area contributed by atoms with Crippen molar-refractivity contribution in [3.63, 3.8) is 0 Å². The Morgan fingerprint density at radius 1 is 1.09 bits per heavy atom. The number of hydrogen-bond acceptors (Lipinski definition) is 2. The number of carbonyl (C=O) groups is 2. The SMILES string of the molecule is CC(C)C(NC(=O)c1ccccc1)C(=O)NCC1CCCCC1. The second kappa shape index (κ2) is 8.70. The summed E-state index contributed by atoms with van der Waals surface area (Å²) < 4.78 is 0. The van der Waals surface area contributed by atoms with Gasteiger partial charge in [0.05, 0.1) is 0 Å². The summed E-state index contributed by atoms with van der Waals surface area (Å²) in [4.78, 5) is 24.7. The van der Waals surface area contributed by atoms with Gasteiger partial charge in [-0.05, 0) is 36.8 Å². The Morgan fingerprint density at radius 3 is 2.35 bits per heavy atom. The van der Waals surface area contributed by atoms with E-state index in [1.165, 1.54) is 32.1 Å². The molecule has 1 saturated carbocycles. The Hall–Kier alpha value is -1.84. The van der Waals surface area contributed by atoms with Gasteiger partial charge in [-0.1, -0.05) is 51.3 Å². The largest absolute Gasteiger partial charge is 0.354 e. The lowest BCUT2D eigenvalue weighted by atomic mass is 9.89. The molecule has 0 spiro atoms. The van der Waals surface area contributed by atoms with E-state index in [1.54, 1.807) is 12.1 Å². The van der Waals surface area contributed by atoms with Crippen molar-refractivity contribution in [2.45, 2.75) is 52.0 Å². The number of hydrogen-bond donors (Lipinski definition) is 2. The first-order valence-electron chi connectivity index (χ1n) is 8.71. The van der Waals surface area contributed by atoms with Crippen LogP contribution >= 0.6 is 0 Å². The van der Waals surface area contributed by atoms with Gasteiger partial charge in [0, 0.05) is 12.1 Å². The van der Waals surface area contributed by atoms with Crippen LogP contribution in [0.25, 0.3) is 0 Å². The van der Waals surface area contributed by atoms with E-state index < -0.39 is 6.04 Å². The van der Waals surface area contributed by atoms with E-state index >= 15 is 0 Å². The zero-order valence-corrected chi connectivity index (χ0v) is 14.2. The molecule has 1 atom stereocenters.